The van der Waals surface area contributed by atoms with E-state index < -0.39 is 29.8 Å². The lowest BCUT2D eigenvalue weighted by molar-refractivity contribution is -0.145. The number of amides is 2. The Morgan fingerprint density at radius 2 is 1.80 bits per heavy atom. The number of aryl methyl sites for hydroxylation is 1. The second-order valence-electron chi connectivity index (χ2n) is 8.27. The zero-order chi connectivity index (χ0) is 29.2. The molecular weight excluding hydrogens is 557 g/mol. The number of halogens is 4. The summed E-state index contributed by atoms with van der Waals surface area (Å²) in [6.07, 6.45) is -4.79. The van der Waals surface area contributed by atoms with Gasteiger partial charge in [-0.2, -0.15) is 23.1 Å². The molecule has 2 heterocycles. The molecule has 208 valence electrons. The molecule has 40 heavy (non-hydrogen) atoms. The number of carbonyl (C=O) groups is 3. The Kier molecular flexibility index (Phi) is 7.86. The maximum atomic E-state index is 13.6. The van der Waals surface area contributed by atoms with E-state index in [2.05, 4.69) is 31.1 Å². The van der Waals surface area contributed by atoms with Gasteiger partial charge in [-0.05, 0) is 48.0 Å². The number of ether oxygens (including phenoxy) is 1. The summed E-state index contributed by atoms with van der Waals surface area (Å²) in [6, 6.07) is 10.5. The molecule has 16 heteroatoms. The van der Waals surface area contributed by atoms with Gasteiger partial charge in [-0.15, -0.1) is 10.2 Å². The van der Waals surface area contributed by atoms with Crippen molar-refractivity contribution in [3.8, 4) is 5.69 Å². The first-order chi connectivity index (χ1) is 18.9. The summed E-state index contributed by atoms with van der Waals surface area (Å²) in [5, 5.41) is 19.4. The van der Waals surface area contributed by atoms with Crippen molar-refractivity contribution >= 4 is 35.1 Å². The number of benzene rings is 2. The summed E-state index contributed by atoms with van der Waals surface area (Å²) in [5.41, 5.74) is 0.917. The molecule has 0 spiro atoms. The van der Waals surface area contributed by atoms with Gasteiger partial charge in [-0.3, -0.25) is 9.59 Å². The van der Waals surface area contributed by atoms with Gasteiger partial charge in [0.05, 0.1) is 40.3 Å². The largest absolute Gasteiger partial charge is 0.465 e. The van der Waals surface area contributed by atoms with E-state index in [0.29, 0.717) is 16.0 Å². The third-order valence-corrected chi connectivity index (χ3v) is 5.87. The van der Waals surface area contributed by atoms with Gasteiger partial charge in [0.15, 0.2) is 0 Å². The van der Waals surface area contributed by atoms with Gasteiger partial charge >= 0.3 is 12.1 Å². The van der Waals surface area contributed by atoms with E-state index in [4.69, 9.17) is 16.3 Å². The third kappa shape index (κ3) is 5.78. The molecule has 0 saturated carbocycles. The first-order valence-electron chi connectivity index (χ1n) is 11.4. The normalized spacial score (nSPS) is 11.3. The van der Waals surface area contributed by atoms with Crippen molar-refractivity contribution < 1.29 is 32.3 Å². The number of alkyl halides is 3. The van der Waals surface area contributed by atoms with Gasteiger partial charge in [-0.25, -0.2) is 9.48 Å². The number of para-hydroxylation sites is 1. The number of nitrogens with one attached hydrogen (secondary N) is 2. The molecule has 0 aliphatic rings. The van der Waals surface area contributed by atoms with E-state index in [-0.39, 0.29) is 39.8 Å². The lowest BCUT2D eigenvalue weighted by Crippen LogP contribution is -2.24. The minimum atomic E-state index is -4.79. The fourth-order valence-corrected chi connectivity index (χ4v) is 3.94. The van der Waals surface area contributed by atoms with Crippen LogP contribution in [-0.4, -0.2) is 61.9 Å². The zero-order valence-corrected chi connectivity index (χ0v) is 21.8. The summed E-state index contributed by atoms with van der Waals surface area (Å²) in [6.45, 7) is 1.23. The predicted molar refractivity (Wildman–Crippen MR) is 134 cm³/mol. The van der Waals surface area contributed by atoms with E-state index in [1.165, 1.54) is 37.0 Å². The van der Waals surface area contributed by atoms with Crippen LogP contribution in [0.3, 0.4) is 0 Å². The van der Waals surface area contributed by atoms with Crippen molar-refractivity contribution in [1.82, 2.24) is 35.3 Å². The fraction of sp³-hybridized carbons (Fsp3) is 0.208. The van der Waals surface area contributed by atoms with Gasteiger partial charge in [0, 0.05) is 7.05 Å². The van der Waals surface area contributed by atoms with Gasteiger partial charge < -0.3 is 15.4 Å². The minimum absolute atomic E-state index is 0.00761. The highest BCUT2D eigenvalue weighted by molar-refractivity contribution is 6.32. The number of esters is 1. The molecule has 2 aromatic carbocycles. The third-order valence-electron chi connectivity index (χ3n) is 5.55. The Labute approximate surface area is 229 Å². The number of aromatic nitrogens is 6. The maximum Gasteiger partial charge on any atom is 0.455 e. The Hall–Kier alpha value is -4.79. The van der Waals surface area contributed by atoms with Crippen LogP contribution in [-0.2, 0) is 17.5 Å². The maximum absolute atomic E-state index is 13.6. The van der Waals surface area contributed by atoms with E-state index in [9.17, 15) is 27.6 Å². The molecule has 4 aromatic rings. The van der Waals surface area contributed by atoms with E-state index >= 15 is 0 Å². The first-order valence-corrected chi connectivity index (χ1v) is 11.8. The fourth-order valence-electron chi connectivity index (χ4n) is 3.72. The number of carbonyl (C=O) groups excluding carboxylic acids is 3. The van der Waals surface area contributed by atoms with Crippen LogP contribution in [0.1, 0.15) is 48.3 Å². The van der Waals surface area contributed by atoms with Crippen LogP contribution in [0.5, 0.6) is 0 Å². The van der Waals surface area contributed by atoms with Crippen molar-refractivity contribution in [3.05, 3.63) is 81.4 Å². The van der Waals surface area contributed by atoms with E-state index in [1.807, 2.05) is 0 Å². The topological polar surface area (TPSA) is 146 Å². The Morgan fingerprint density at radius 1 is 1.07 bits per heavy atom. The van der Waals surface area contributed by atoms with Gasteiger partial charge in [0.25, 0.3) is 17.6 Å². The molecule has 0 fully saturated rings. The Morgan fingerprint density at radius 3 is 2.42 bits per heavy atom. The molecule has 4 rings (SSSR count). The molecule has 12 nitrogen and oxygen atoms in total. The van der Waals surface area contributed by atoms with Crippen molar-refractivity contribution in [2.45, 2.75) is 19.6 Å². The molecule has 0 saturated heterocycles. The molecule has 2 aromatic heterocycles. The van der Waals surface area contributed by atoms with Crippen LogP contribution >= 0.6 is 11.6 Å². The van der Waals surface area contributed by atoms with Crippen LogP contribution in [0.25, 0.3) is 5.69 Å². The van der Waals surface area contributed by atoms with Gasteiger partial charge in [-0.1, -0.05) is 23.7 Å². The highest BCUT2D eigenvalue weighted by Crippen LogP contribution is 2.27. The average molecular weight is 577 g/mol. The number of tetrazole rings is 1. The lowest BCUT2D eigenvalue weighted by atomic mass is 10.0. The first kappa shape index (κ1) is 28.2. The van der Waals surface area contributed by atoms with Crippen molar-refractivity contribution in [1.29, 1.82) is 0 Å². The summed E-state index contributed by atoms with van der Waals surface area (Å²) in [7, 11) is 2.58. The van der Waals surface area contributed by atoms with Crippen LogP contribution < -0.4 is 10.6 Å². The Balaban J connectivity index is 1.76. The number of anilines is 1. The minimum Gasteiger partial charge on any atom is -0.465 e. The quantitative estimate of drug-likeness (QED) is 0.319. The standard InChI is InChI=1S/C24H20ClF3N8O4/c1-12-8-13(22(39)40-3)9-15(20(37)29-2)19(12)30-21(38)18-10-14(11-35-33-23(31-34-35)24(26,27)28)32-36(18)17-7-5-4-6-16(17)25/h4-10H,11H2,1-3H3,(H,29,37)(H,30,38). The van der Waals surface area contributed by atoms with Crippen LogP contribution in [0.4, 0.5) is 18.9 Å². The number of hydrogen-bond acceptors (Lipinski definition) is 8. The number of methoxy groups -OCH3 is 1. The van der Waals surface area contributed by atoms with Crippen LogP contribution in [0.15, 0.2) is 42.5 Å². The van der Waals surface area contributed by atoms with Crippen molar-refractivity contribution in [2.75, 3.05) is 19.5 Å². The second kappa shape index (κ2) is 11.1. The van der Waals surface area contributed by atoms with E-state index in [0.717, 1.165) is 0 Å². The molecule has 2 N–H and O–H groups in total. The predicted octanol–water partition coefficient (Wildman–Crippen LogP) is 3.29. The summed E-state index contributed by atoms with van der Waals surface area (Å²) in [4.78, 5) is 39.0. The monoisotopic (exact) mass is 576 g/mol. The summed E-state index contributed by atoms with van der Waals surface area (Å²) < 4.78 is 44.6. The van der Waals surface area contributed by atoms with E-state index in [1.54, 1.807) is 31.2 Å². The molecule has 2 amide bonds. The second-order valence-corrected chi connectivity index (χ2v) is 8.67. The molecule has 0 unspecified atom stereocenters. The molecular formula is C24H20ClF3N8O4. The highest BCUT2D eigenvalue weighted by Gasteiger charge is 2.37. The summed E-state index contributed by atoms with van der Waals surface area (Å²) >= 11 is 6.34. The average Bonchev–Trinajstić information content (AvgIpc) is 3.56. The van der Waals surface area contributed by atoms with Crippen molar-refractivity contribution in [2.24, 2.45) is 0 Å². The van der Waals surface area contributed by atoms with Gasteiger partial charge in [0.1, 0.15) is 12.2 Å². The highest BCUT2D eigenvalue weighted by atomic mass is 35.5. The smallest absolute Gasteiger partial charge is 0.455 e. The number of nitrogens with zero attached hydrogens (tertiary/aromatic N) is 6. The van der Waals surface area contributed by atoms with Crippen molar-refractivity contribution in [3.63, 3.8) is 0 Å². The molecule has 0 aliphatic heterocycles. The Bertz CT molecular complexity index is 1620. The molecule has 0 radical (unpaired) electrons. The SMILES string of the molecule is CNC(=O)c1cc(C(=O)OC)cc(C)c1NC(=O)c1cc(Cn2nnc(C(F)(F)F)n2)nn1-c1ccccc1Cl. The molecule has 0 aliphatic carbocycles. The number of hydrogen-bond donors (Lipinski definition) is 2. The number of rotatable bonds is 7. The van der Waals surface area contributed by atoms with Crippen LogP contribution in [0, 0.1) is 6.92 Å². The lowest BCUT2D eigenvalue weighted by Gasteiger charge is -2.15. The molecule has 0 atom stereocenters. The molecule has 0 bridgehead atoms. The van der Waals surface area contributed by atoms with Gasteiger partial charge in [0.2, 0.25) is 0 Å². The van der Waals surface area contributed by atoms with Crippen LogP contribution in [0.2, 0.25) is 5.02 Å². The zero-order valence-electron chi connectivity index (χ0n) is 21.1. The summed E-state index contributed by atoms with van der Waals surface area (Å²) in [5.74, 6) is -3.42.